The summed E-state index contributed by atoms with van der Waals surface area (Å²) in [6.45, 7) is 4.37. The molecule has 1 fully saturated rings. The molecule has 1 aliphatic rings. The van der Waals surface area contributed by atoms with Crippen molar-refractivity contribution >= 4 is 51.1 Å². The quantitative estimate of drug-likeness (QED) is 0.365. The van der Waals surface area contributed by atoms with E-state index in [-0.39, 0.29) is 0 Å². The Labute approximate surface area is 151 Å². The van der Waals surface area contributed by atoms with Gasteiger partial charge >= 0.3 is 0 Å². The van der Waals surface area contributed by atoms with Crippen molar-refractivity contribution in [3.63, 3.8) is 0 Å². The minimum atomic E-state index is 0.587. The van der Waals surface area contributed by atoms with Crippen LogP contribution in [-0.2, 0) is 6.54 Å². The number of hydrogen-bond donors (Lipinski definition) is 3. The Kier molecular flexibility index (Phi) is 5.67. The molecule has 0 bridgehead atoms. The third-order valence-electron chi connectivity index (χ3n) is 4.29. The largest absolute Gasteiger partial charge is 0.364 e. The predicted octanol–water partition coefficient (Wildman–Crippen LogP) is 3.56. The van der Waals surface area contributed by atoms with E-state index in [1.54, 1.807) is 0 Å². The van der Waals surface area contributed by atoms with Gasteiger partial charge in [0.25, 0.3) is 0 Å². The van der Waals surface area contributed by atoms with Crippen molar-refractivity contribution in [3.05, 3.63) is 36.4 Å². The number of halogens is 1. The van der Waals surface area contributed by atoms with Crippen LogP contribution in [-0.4, -0.2) is 28.4 Å². The zero-order chi connectivity index (χ0) is 16.2. The van der Waals surface area contributed by atoms with Crippen LogP contribution in [0.15, 0.2) is 30.7 Å². The maximum atomic E-state index is 7.57. The van der Waals surface area contributed by atoms with E-state index in [0.29, 0.717) is 18.3 Å². The van der Waals surface area contributed by atoms with Crippen molar-refractivity contribution in [1.82, 2.24) is 20.0 Å². The van der Waals surface area contributed by atoms with Crippen LogP contribution >= 0.6 is 28.4 Å². The number of nitrogens with one attached hydrogen (secondary N) is 3. The molecule has 0 radical (unpaired) electrons. The lowest BCUT2D eigenvalue weighted by Crippen LogP contribution is -2.17. The lowest BCUT2D eigenvalue weighted by Gasteiger charge is -2.11. The first kappa shape index (κ1) is 16.9. The van der Waals surface area contributed by atoms with Crippen molar-refractivity contribution in [3.8, 4) is 0 Å². The zero-order valence-electron chi connectivity index (χ0n) is 13.0. The highest BCUT2D eigenvalue weighted by Crippen LogP contribution is 2.23. The van der Waals surface area contributed by atoms with Crippen LogP contribution in [0.25, 0.3) is 16.5 Å². The van der Waals surface area contributed by atoms with Gasteiger partial charge in [-0.3, -0.25) is 4.98 Å². The number of pyridine rings is 1. The number of nitrogens with zero attached hydrogens (tertiary/aromatic N) is 2. The number of fused-ring (bicyclic) bond motifs is 1. The van der Waals surface area contributed by atoms with Gasteiger partial charge in [0.05, 0.1) is 17.4 Å². The van der Waals surface area contributed by atoms with Gasteiger partial charge in [0.1, 0.15) is 0 Å². The van der Waals surface area contributed by atoms with Gasteiger partial charge in [-0.05, 0) is 60.0 Å². The highest BCUT2D eigenvalue weighted by atomic mass is 127. The van der Waals surface area contributed by atoms with E-state index < -0.39 is 0 Å². The van der Waals surface area contributed by atoms with Crippen LogP contribution in [0, 0.1) is 11.3 Å². The Balaban J connectivity index is 1.83. The monoisotopic (exact) mass is 441 g/mol. The molecule has 0 aliphatic carbocycles. The van der Waals surface area contributed by atoms with Gasteiger partial charge in [0.2, 0.25) is 0 Å². The summed E-state index contributed by atoms with van der Waals surface area (Å²) in [5.41, 5.74) is 2.81. The molecular weight excluding hydrogens is 420 g/mol. The highest BCUT2D eigenvalue weighted by molar-refractivity contribution is 14.2. The fourth-order valence-corrected chi connectivity index (χ4v) is 3.83. The minimum Gasteiger partial charge on any atom is -0.364 e. The number of allylic oxidation sites excluding steroid dienone is 1. The molecule has 3 unspecified atom stereocenters. The molecule has 5 nitrogen and oxygen atoms in total. The van der Waals surface area contributed by atoms with Gasteiger partial charge in [0, 0.05) is 48.5 Å². The average molecular weight is 441 g/mol. The summed E-state index contributed by atoms with van der Waals surface area (Å²) in [4.78, 5) is 4.56. The fraction of sp³-hybridized carbons (Fsp3) is 0.375. The van der Waals surface area contributed by atoms with Gasteiger partial charge in [-0.25, -0.2) is 0 Å². The molecule has 3 heterocycles. The van der Waals surface area contributed by atoms with Crippen LogP contribution in [0.5, 0.6) is 0 Å². The first-order chi connectivity index (χ1) is 11.2. The SMILES string of the molecule is CC1CC(Cn2ccc3cc(/C(C=N)=C/NPI)ncc32)CN1. The van der Waals surface area contributed by atoms with E-state index in [4.69, 9.17) is 5.41 Å². The molecule has 0 aromatic carbocycles. The van der Waals surface area contributed by atoms with Gasteiger partial charge in [0.15, 0.2) is 0 Å². The Morgan fingerprint density at radius 2 is 2.52 bits per heavy atom. The molecule has 1 aliphatic heterocycles. The van der Waals surface area contributed by atoms with Crippen LogP contribution in [0.2, 0.25) is 0 Å². The summed E-state index contributed by atoms with van der Waals surface area (Å²) in [5, 5.41) is 15.4. The van der Waals surface area contributed by atoms with Crippen LogP contribution in [0.1, 0.15) is 19.0 Å². The predicted molar refractivity (Wildman–Crippen MR) is 108 cm³/mol. The lowest BCUT2D eigenvalue weighted by atomic mass is 10.1. The van der Waals surface area contributed by atoms with Gasteiger partial charge in [-0.1, -0.05) is 0 Å². The highest BCUT2D eigenvalue weighted by Gasteiger charge is 2.21. The van der Waals surface area contributed by atoms with E-state index in [1.165, 1.54) is 23.5 Å². The standard InChI is InChI=1S/C16H21IN5P/c1-11-4-12(7-19-11)10-22-3-2-13-5-15(20-9-16(13)22)14(6-18)8-21-23-17/h2-3,5-6,8-9,11-12,18-19,21,23H,4,7,10H2,1H3/b14-8+,18-6?. The van der Waals surface area contributed by atoms with Crippen molar-refractivity contribution < 1.29 is 0 Å². The molecular formula is C16H21IN5P. The summed E-state index contributed by atoms with van der Waals surface area (Å²) in [5.74, 6) is 0.686. The Morgan fingerprint density at radius 1 is 1.65 bits per heavy atom. The fourth-order valence-electron chi connectivity index (χ4n) is 3.15. The summed E-state index contributed by atoms with van der Waals surface area (Å²) in [7, 11) is 0. The third-order valence-corrected chi connectivity index (χ3v) is 5.48. The maximum Gasteiger partial charge on any atom is 0.0739 e. The van der Waals surface area contributed by atoms with Crippen molar-refractivity contribution in [2.24, 2.45) is 5.92 Å². The molecule has 0 amide bonds. The zero-order valence-corrected chi connectivity index (χ0v) is 16.2. The van der Waals surface area contributed by atoms with Crippen molar-refractivity contribution in [1.29, 1.82) is 5.41 Å². The lowest BCUT2D eigenvalue weighted by molar-refractivity contribution is 0.483. The average Bonchev–Trinajstić information content (AvgIpc) is 3.15. The number of hydrogen-bond acceptors (Lipinski definition) is 4. The summed E-state index contributed by atoms with van der Waals surface area (Å²) >= 11 is 2.27. The Hall–Kier alpha value is -0.980. The third kappa shape index (κ3) is 3.92. The smallest absolute Gasteiger partial charge is 0.0739 e. The summed E-state index contributed by atoms with van der Waals surface area (Å²) < 4.78 is 2.30. The molecule has 3 rings (SSSR count). The van der Waals surface area contributed by atoms with Gasteiger partial charge < -0.3 is 20.4 Å². The molecule has 2 aromatic rings. The molecule has 3 atom stereocenters. The van der Waals surface area contributed by atoms with Crippen LogP contribution in [0.4, 0.5) is 0 Å². The second-order valence-electron chi connectivity index (χ2n) is 5.99. The molecule has 7 heteroatoms. The Morgan fingerprint density at radius 3 is 3.22 bits per heavy atom. The molecule has 2 aromatic heterocycles. The maximum absolute atomic E-state index is 7.57. The van der Waals surface area contributed by atoms with Crippen LogP contribution in [0.3, 0.4) is 0 Å². The normalized spacial score (nSPS) is 22.3. The van der Waals surface area contributed by atoms with Crippen LogP contribution < -0.4 is 10.4 Å². The molecule has 122 valence electrons. The van der Waals surface area contributed by atoms with E-state index >= 15 is 0 Å². The van der Waals surface area contributed by atoms with Gasteiger partial charge in [-0.2, -0.15) is 0 Å². The van der Waals surface area contributed by atoms with Crippen molar-refractivity contribution in [2.75, 3.05) is 6.54 Å². The van der Waals surface area contributed by atoms with E-state index in [9.17, 15) is 0 Å². The minimum absolute atomic E-state index is 0.587. The second kappa shape index (κ2) is 7.73. The number of rotatable bonds is 6. The summed E-state index contributed by atoms with van der Waals surface area (Å²) in [6, 6.07) is 4.83. The first-order valence-corrected chi connectivity index (χ1v) is 11.8. The Bertz CT molecular complexity index is 726. The van der Waals surface area contributed by atoms with E-state index in [1.807, 2.05) is 12.4 Å². The molecule has 0 spiro atoms. The topological polar surface area (TPSA) is 65.7 Å². The van der Waals surface area contributed by atoms with Gasteiger partial charge in [-0.15, -0.1) is 0 Å². The number of aromatic nitrogens is 2. The molecule has 3 N–H and O–H groups in total. The first-order valence-electron chi connectivity index (χ1n) is 7.71. The molecule has 23 heavy (non-hydrogen) atoms. The van der Waals surface area contributed by atoms with E-state index in [2.05, 4.69) is 67.2 Å². The summed E-state index contributed by atoms with van der Waals surface area (Å²) in [6.07, 6.45) is 9.10. The molecule has 1 saturated heterocycles. The van der Waals surface area contributed by atoms with Crippen molar-refractivity contribution in [2.45, 2.75) is 25.9 Å². The van der Waals surface area contributed by atoms with E-state index in [0.717, 1.165) is 24.4 Å². The second-order valence-corrected chi connectivity index (χ2v) is 8.09. The molecule has 0 saturated carbocycles.